The number of oxime groups is 1. The van der Waals surface area contributed by atoms with Gasteiger partial charge in [-0.25, -0.2) is 0 Å². The smallest absolute Gasteiger partial charge is 0.0314 e. The first-order chi connectivity index (χ1) is 7.77. The largest absolute Gasteiger partial charge is 0.411 e. The number of benzene rings is 1. The summed E-state index contributed by atoms with van der Waals surface area (Å²) in [6.07, 6.45) is 6.95. The highest BCUT2D eigenvalue weighted by atomic mass is 16.4. The van der Waals surface area contributed by atoms with E-state index in [1.807, 2.05) is 12.1 Å². The zero-order valence-corrected chi connectivity index (χ0v) is 9.60. The van der Waals surface area contributed by atoms with Crippen molar-refractivity contribution < 1.29 is 5.21 Å². The van der Waals surface area contributed by atoms with E-state index in [9.17, 15) is 0 Å². The highest BCUT2D eigenvalue weighted by Crippen LogP contribution is 2.32. The molecule has 1 aliphatic carbocycles. The summed E-state index contributed by atoms with van der Waals surface area (Å²) < 4.78 is 0. The van der Waals surface area contributed by atoms with E-state index in [0.29, 0.717) is 0 Å². The van der Waals surface area contributed by atoms with Crippen molar-refractivity contribution >= 4 is 12.4 Å². The lowest BCUT2D eigenvalue weighted by atomic mass is 9.84. The van der Waals surface area contributed by atoms with Crippen molar-refractivity contribution in [2.24, 2.45) is 5.16 Å². The fourth-order valence-electron chi connectivity index (χ4n) is 2.20. The number of rotatable bonds is 1. The van der Waals surface area contributed by atoms with E-state index in [0.717, 1.165) is 11.6 Å². The molecular weight excluding hydrogens is 200 g/mol. The molecule has 3 N–H and O–H groups in total. The maximum absolute atomic E-state index is 7.08. The fraction of sp³-hybridized carbons (Fsp3) is 0.462. The molecule has 16 heavy (non-hydrogen) atoms. The summed E-state index contributed by atoms with van der Waals surface area (Å²) >= 11 is 0. The molecule has 0 heterocycles. The van der Waals surface area contributed by atoms with Crippen molar-refractivity contribution in [3.05, 3.63) is 29.8 Å². The Balaban J connectivity index is 0.000000386. The summed E-state index contributed by atoms with van der Waals surface area (Å²) in [6.45, 7) is 2.67. The van der Waals surface area contributed by atoms with E-state index in [-0.39, 0.29) is 0 Å². The highest BCUT2D eigenvalue weighted by Gasteiger charge is 2.14. The minimum absolute atomic E-state index is 0.800. The molecule has 0 aromatic heterocycles. The van der Waals surface area contributed by atoms with E-state index < -0.39 is 0 Å². The molecule has 0 radical (unpaired) electrons. The number of nitrogens with two attached hydrogens (primary N) is 1. The van der Waals surface area contributed by atoms with Gasteiger partial charge in [0.2, 0.25) is 0 Å². The third-order valence-electron chi connectivity index (χ3n) is 3.01. The third kappa shape index (κ3) is 3.93. The van der Waals surface area contributed by atoms with Crippen molar-refractivity contribution in [1.82, 2.24) is 0 Å². The van der Waals surface area contributed by atoms with Crippen LogP contribution in [0.4, 0.5) is 5.69 Å². The molecule has 3 nitrogen and oxygen atoms in total. The van der Waals surface area contributed by atoms with Crippen LogP contribution >= 0.6 is 0 Å². The van der Waals surface area contributed by atoms with Gasteiger partial charge in [0.1, 0.15) is 0 Å². The van der Waals surface area contributed by atoms with Crippen LogP contribution < -0.4 is 5.73 Å². The molecule has 1 aliphatic rings. The topological polar surface area (TPSA) is 58.6 Å². The van der Waals surface area contributed by atoms with Crippen molar-refractivity contribution in [2.45, 2.75) is 38.0 Å². The summed E-state index contributed by atoms with van der Waals surface area (Å²) in [7, 11) is 0. The highest BCUT2D eigenvalue weighted by molar-refractivity contribution is 5.40. The number of hydrogen-bond donors (Lipinski definition) is 2. The number of nitrogen functional groups attached to an aromatic ring is 1. The first-order valence-electron chi connectivity index (χ1n) is 5.73. The first-order valence-corrected chi connectivity index (χ1v) is 5.73. The molecule has 88 valence electrons. The van der Waals surface area contributed by atoms with Gasteiger partial charge in [-0.2, -0.15) is 0 Å². The van der Waals surface area contributed by atoms with Crippen LogP contribution in [0.2, 0.25) is 0 Å². The second kappa shape index (κ2) is 6.88. The number of anilines is 1. The van der Waals surface area contributed by atoms with Gasteiger partial charge < -0.3 is 10.9 Å². The molecule has 0 unspecified atom stereocenters. The zero-order chi connectivity index (χ0) is 11.8. The van der Waals surface area contributed by atoms with Crippen molar-refractivity contribution in [3.63, 3.8) is 0 Å². The summed E-state index contributed by atoms with van der Waals surface area (Å²) in [5, 5.41) is 9.33. The van der Waals surface area contributed by atoms with E-state index >= 15 is 0 Å². The van der Waals surface area contributed by atoms with Gasteiger partial charge in [-0.05, 0) is 36.5 Å². The Morgan fingerprint density at radius 3 is 2.12 bits per heavy atom. The third-order valence-corrected chi connectivity index (χ3v) is 3.01. The van der Waals surface area contributed by atoms with Crippen LogP contribution in [0.5, 0.6) is 0 Å². The van der Waals surface area contributed by atoms with E-state index in [1.165, 1.54) is 37.7 Å². The van der Waals surface area contributed by atoms with E-state index in [2.05, 4.69) is 24.0 Å². The maximum Gasteiger partial charge on any atom is 0.0314 e. The summed E-state index contributed by atoms with van der Waals surface area (Å²) in [4.78, 5) is 0. The van der Waals surface area contributed by atoms with Gasteiger partial charge in [-0.15, -0.1) is 5.16 Å². The Kier molecular flexibility index (Phi) is 5.40. The Bertz CT molecular complexity index is 302. The van der Waals surface area contributed by atoms with Gasteiger partial charge in [0.05, 0.1) is 0 Å². The fourth-order valence-corrected chi connectivity index (χ4v) is 2.20. The van der Waals surface area contributed by atoms with Crippen LogP contribution in [0.3, 0.4) is 0 Å². The molecule has 0 bridgehead atoms. The molecule has 1 saturated carbocycles. The molecular formula is C13H20N2O. The molecule has 0 saturated heterocycles. The second-order valence-electron chi connectivity index (χ2n) is 4.14. The van der Waals surface area contributed by atoms with Crippen molar-refractivity contribution in [2.75, 3.05) is 5.73 Å². The number of hydrogen-bond acceptors (Lipinski definition) is 3. The lowest BCUT2D eigenvalue weighted by molar-refractivity contribution is 0.323. The average molecular weight is 220 g/mol. The first kappa shape index (κ1) is 12.6. The van der Waals surface area contributed by atoms with Crippen LogP contribution in [0.1, 0.15) is 43.6 Å². The van der Waals surface area contributed by atoms with E-state index in [4.69, 9.17) is 10.9 Å². The zero-order valence-electron chi connectivity index (χ0n) is 9.60. The van der Waals surface area contributed by atoms with Crippen LogP contribution in [0, 0.1) is 0 Å². The summed E-state index contributed by atoms with van der Waals surface area (Å²) in [5.41, 5.74) is 8.01. The molecule has 0 spiro atoms. The standard InChI is InChI=1S/C12H17N.CH3NO/c13-12-8-6-11(7-9-12)10-4-2-1-3-5-10;1-2-3/h6-10H,1-5,13H2;3H,1H2. The molecule has 1 fully saturated rings. The molecule has 0 amide bonds. The Morgan fingerprint density at radius 2 is 1.62 bits per heavy atom. The predicted molar refractivity (Wildman–Crippen MR) is 68.0 cm³/mol. The quantitative estimate of drug-likeness (QED) is 0.330. The summed E-state index contributed by atoms with van der Waals surface area (Å²) in [5.74, 6) is 0.800. The number of nitrogens with zero attached hydrogens (tertiary/aromatic N) is 1. The van der Waals surface area contributed by atoms with E-state index in [1.54, 1.807) is 0 Å². The molecule has 1 aromatic rings. The van der Waals surface area contributed by atoms with Gasteiger partial charge in [-0.3, -0.25) is 0 Å². The van der Waals surface area contributed by atoms with Crippen LogP contribution in [0.25, 0.3) is 0 Å². The molecule has 3 heteroatoms. The summed E-state index contributed by atoms with van der Waals surface area (Å²) in [6, 6.07) is 8.41. The normalized spacial score (nSPS) is 16.0. The van der Waals surface area contributed by atoms with Crippen molar-refractivity contribution in [1.29, 1.82) is 0 Å². The van der Waals surface area contributed by atoms with Gasteiger partial charge >= 0.3 is 0 Å². The molecule has 2 rings (SSSR count). The predicted octanol–water partition coefficient (Wildman–Crippen LogP) is 3.39. The van der Waals surface area contributed by atoms with Crippen LogP contribution in [0.15, 0.2) is 29.4 Å². The lowest BCUT2D eigenvalue weighted by Crippen LogP contribution is -2.04. The van der Waals surface area contributed by atoms with Crippen LogP contribution in [-0.2, 0) is 0 Å². The van der Waals surface area contributed by atoms with Crippen LogP contribution in [-0.4, -0.2) is 11.9 Å². The molecule has 0 atom stereocenters. The van der Waals surface area contributed by atoms with Gasteiger partial charge in [-0.1, -0.05) is 31.4 Å². The van der Waals surface area contributed by atoms with Gasteiger partial charge in [0.25, 0.3) is 0 Å². The average Bonchev–Trinajstić information content (AvgIpc) is 2.32. The SMILES string of the molecule is C=NO.Nc1ccc(C2CCCCC2)cc1. The minimum atomic E-state index is 0.800. The Labute approximate surface area is 97.0 Å². The maximum atomic E-state index is 7.08. The lowest BCUT2D eigenvalue weighted by Gasteiger charge is -2.21. The molecule has 0 aliphatic heterocycles. The Morgan fingerprint density at radius 1 is 1.12 bits per heavy atom. The monoisotopic (exact) mass is 220 g/mol. The minimum Gasteiger partial charge on any atom is -0.411 e. The molecule has 1 aromatic carbocycles. The second-order valence-corrected chi connectivity index (χ2v) is 4.14. The Hall–Kier alpha value is -1.51. The van der Waals surface area contributed by atoms with Gasteiger partial charge in [0.15, 0.2) is 0 Å². The van der Waals surface area contributed by atoms with Gasteiger partial charge in [0, 0.05) is 12.4 Å². The van der Waals surface area contributed by atoms with Crippen molar-refractivity contribution in [3.8, 4) is 0 Å².